The molecule has 2 atom stereocenters. The molecule has 2 N–H and O–H groups in total. The third-order valence-electron chi connectivity index (χ3n) is 5.25. The highest BCUT2D eigenvalue weighted by molar-refractivity contribution is 6.31. The van der Waals surface area contributed by atoms with Crippen LogP contribution in [0.2, 0.25) is 10.0 Å². The van der Waals surface area contributed by atoms with Crippen LogP contribution in [0.15, 0.2) is 109 Å². The molecule has 0 aliphatic heterocycles. The Morgan fingerprint density at radius 1 is 0.531 bits per heavy atom. The first-order valence-corrected chi connectivity index (χ1v) is 11.0. The van der Waals surface area contributed by atoms with Gasteiger partial charge < -0.3 is 10.6 Å². The maximum atomic E-state index is 13.3. The van der Waals surface area contributed by atoms with E-state index >= 15 is 0 Å². The predicted molar refractivity (Wildman–Crippen MR) is 131 cm³/mol. The van der Waals surface area contributed by atoms with Gasteiger partial charge in [-0.3, -0.25) is 0 Å². The summed E-state index contributed by atoms with van der Waals surface area (Å²) in [4.78, 5) is 13.3. The number of amides is 2. The van der Waals surface area contributed by atoms with E-state index in [4.69, 9.17) is 23.2 Å². The van der Waals surface area contributed by atoms with Crippen molar-refractivity contribution in [1.29, 1.82) is 0 Å². The second-order valence-corrected chi connectivity index (χ2v) is 8.16. The van der Waals surface area contributed by atoms with E-state index in [1.54, 1.807) is 0 Å². The molecule has 0 saturated carbocycles. The maximum absolute atomic E-state index is 13.3. The molecule has 5 heteroatoms. The molecular weight excluding hydrogens is 439 g/mol. The molecule has 32 heavy (non-hydrogen) atoms. The first-order valence-electron chi connectivity index (χ1n) is 10.3. The first kappa shape index (κ1) is 21.9. The highest BCUT2D eigenvalue weighted by Gasteiger charge is 2.23. The molecule has 0 spiro atoms. The smallest absolute Gasteiger partial charge is 0.316 e. The summed E-state index contributed by atoms with van der Waals surface area (Å²) >= 11 is 13.0. The van der Waals surface area contributed by atoms with E-state index in [2.05, 4.69) is 10.6 Å². The minimum atomic E-state index is -0.410. The van der Waals surface area contributed by atoms with Crippen LogP contribution in [0.5, 0.6) is 0 Å². The molecule has 0 saturated heterocycles. The second kappa shape index (κ2) is 10.4. The van der Waals surface area contributed by atoms with Crippen LogP contribution in [0.4, 0.5) is 4.79 Å². The Morgan fingerprint density at radius 2 is 0.875 bits per heavy atom. The Kier molecular flexibility index (Phi) is 7.10. The topological polar surface area (TPSA) is 41.1 Å². The van der Waals surface area contributed by atoms with Gasteiger partial charge in [-0.2, -0.15) is 0 Å². The fourth-order valence-corrected chi connectivity index (χ4v) is 4.18. The Morgan fingerprint density at radius 3 is 1.25 bits per heavy atom. The SMILES string of the molecule is O=C(N[C@H](c1ccccc1)c1ccccc1Cl)N[C@@H](c1ccccc1)c1ccccc1Cl. The number of benzene rings is 4. The van der Waals surface area contributed by atoms with E-state index in [1.165, 1.54) is 0 Å². The molecule has 0 fully saturated rings. The minimum absolute atomic E-state index is 0.326. The van der Waals surface area contributed by atoms with Gasteiger partial charge in [-0.1, -0.05) is 120 Å². The third kappa shape index (κ3) is 5.13. The number of urea groups is 1. The summed E-state index contributed by atoms with van der Waals surface area (Å²) in [5, 5.41) is 7.38. The second-order valence-electron chi connectivity index (χ2n) is 7.35. The lowest BCUT2D eigenvalue weighted by Crippen LogP contribution is -2.40. The Bertz CT molecular complexity index is 1090. The summed E-state index contributed by atoms with van der Waals surface area (Å²) in [5.41, 5.74) is 3.52. The zero-order valence-corrected chi connectivity index (χ0v) is 18.7. The van der Waals surface area contributed by atoms with Crippen LogP contribution < -0.4 is 10.6 Å². The Balaban J connectivity index is 1.65. The molecule has 0 bridgehead atoms. The maximum Gasteiger partial charge on any atom is 0.316 e. The molecule has 0 aliphatic carbocycles. The Hall–Kier alpha value is -3.27. The number of hydrogen-bond donors (Lipinski definition) is 2. The summed E-state index contributed by atoms with van der Waals surface area (Å²) < 4.78 is 0. The van der Waals surface area contributed by atoms with Gasteiger partial charge in [0.25, 0.3) is 0 Å². The molecular formula is C27H22Cl2N2O. The summed E-state index contributed by atoms with van der Waals surface area (Å²) in [6, 6.07) is 33.4. The normalized spacial score (nSPS) is 12.6. The number of hydrogen-bond acceptors (Lipinski definition) is 1. The molecule has 2 amide bonds. The lowest BCUT2D eigenvalue weighted by atomic mass is 9.98. The van der Waals surface area contributed by atoms with Crippen molar-refractivity contribution in [1.82, 2.24) is 10.6 Å². The van der Waals surface area contributed by atoms with Crippen molar-refractivity contribution in [2.75, 3.05) is 0 Å². The molecule has 0 aromatic heterocycles. The van der Waals surface area contributed by atoms with Crippen molar-refractivity contribution in [2.45, 2.75) is 12.1 Å². The standard InChI is InChI=1S/C27H22Cl2N2O/c28-23-17-9-7-15-21(23)25(19-11-3-1-4-12-19)30-27(32)31-26(20-13-5-2-6-14-20)22-16-8-10-18-24(22)29/h1-18,25-26H,(H2,30,31,32)/t25-,26+. The van der Waals surface area contributed by atoms with Gasteiger partial charge in [0, 0.05) is 10.0 Å². The molecule has 0 radical (unpaired) electrons. The van der Waals surface area contributed by atoms with E-state index in [0.29, 0.717) is 10.0 Å². The monoisotopic (exact) mass is 460 g/mol. The van der Waals surface area contributed by atoms with Gasteiger partial charge in [0.05, 0.1) is 12.1 Å². The average Bonchev–Trinajstić information content (AvgIpc) is 2.83. The van der Waals surface area contributed by atoms with Gasteiger partial charge in [0.1, 0.15) is 0 Å². The van der Waals surface area contributed by atoms with Crippen molar-refractivity contribution >= 4 is 29.2 Å². The molecule has 4 aromatic rings. The van der Waals surface area contributed by atoms with E-state index in [0.717, 1.165) is 22.3 Å². The van der Waals surface area contributed by atoms with Gasteiger partial charge in [0.15, 0.2) is 0 Å². The van der Waals surface area contributed by atoms with E-state index in [1.807, 2.05) is 109 Å². The summed E-state index contributed by atoms with van der Waals surface area (Å²) in [6.07, 6.45) is 0. The quantitative estimate of drug-likeness (QED) is 0.314. The summed E-state index contributed by atoms with van der Waals surface area (Å²) in [6.45, 7) is 0. The molecule has 0 heterocycles. The largest absolute Gasteiger partial charge is 0.327 e. The average molecular weight is 461 g/mol. The molecule has 4 aromatic carbocycles. The highest BCUT2D eigenvalue weighted by Crippen LogP contribution is 2.30. The van der Waals surface area contributed by atoms with Crippen molar-refractivity contribution in [2.24, 2.45) is 0 Å². The van der Waals surface area contributed by atoms with Crippen molar-refractivity contribution < 1.29 is 4.79 Å². The van der Waals surface area contributed by atoms with Crippen LogP contribution in [-0.2, 0) is 0 Å². The third-order valence-corrected chi connectivity index (χ3v) is 5.94. The summed E-state index contributed by atoms with van der Waals surface area (Å²) in [7, 11) is 0. The van der Waals surface area contributed by atoms with Gasteiger partial charge >= 0.3 is 6.03 Å². The number of nitrogens with one attached hydrogen (secondary N) is 2. The van der Waals surface area contributed by atoms with Crippen LogP contribution in [0.3, 0.4) is 0 Å². The molecule has 4 rings (SSSR count). The van der Waals surface area contributed by atoms with Gasteiger partial charge in [-0.05, 0) is 34.4 Å². The van der Waals surface area contributed by atoms with E-state index < -0.39 is 12.1 Å². The van der Waals surface area contributed by atoms with Gasteiger partial charge in [-0.15, -0.1) is 0 Å². The first-order chi connectivity index (χ1) is 15.6. The lowest BCUT2D eigenvalue weighted by molar-refractivity contribution is 0.236. The van der Waals surface area contributed by atoms with Crippen molar-refractivity contribution in [3.8, 4) is 0 Å². The van der Waals surface area contributed by atoms with Crippen LogP contribution in [0.1, 0.15) is 34.3 Å². The van der Waals surface area contributed by atoms with Crippen LogP contribution in [0.25, 0.3) is 0 Å². The number of rotatable bonds is 6. The minimum Gasteiger partial charge on any atom is -0.327 e. The zero-order chi connectivity index (χ0) is 22.3. The van der Waals surface area contributed by atoms with Crippen molar-refractivity contribution in [3.63, 3.8) is 0 Å². The molecule has 0 aliphatic rings. The Labute approximate surface area is 198 Å². The summed E-state index contributed by atoms with van der Waals surface area (Å²) in [5.74, 6) is 0. The zero-order valence-electron chi connectivity index (χ0n) is 17.2. The fourth-order valence-electron chi connectivity index (χ4n) is 3.69. The van der Waals surface area contributed by atoms with Crippen molar-refractivity contribution in [3.05, 3.63) is 141 Å². The van der Waals surface area contributed by atoms with Crippen LogP contribution in [0, 0.1) is 0 Å². The lowest BCUT2D eigenvalue weighted by Gasteiger charge is -2.25. The molecule has 3 nitrogen and oxygen atoms in total. The van der Waals surface area contributed by atoms with Crippen LogP contribution in [-0.4, -0.2) is 6.03 Å². The van der Waals surface area contributed by atoms with Crippen LogP contribution >= 0.6 is 23.2 Å². The van der Waals surface area contributed by atoms with Gasteiger partial charge in [-0.25, -0.2) is 4.79 Å². The van der Waals surface area contributed by atoms with E-state index in [-0.39, 0.29) is 6.03 Å². The molecule has 0 unspecified atom stereocenters. The fraction of sp³-hybridized carbons (Fsp3) is 0.0741. The predicted octanol–water partition coefficient (Wildman–Crippen LogP) is 7.17. The van der Waals surface area contributed by atoms with Gasteiger partial charge in [0.2, 0.25) is 0 Å². The number of halogens is 2. The van der Waals surface area contributed by atoms with E-state index in [9.17, 15) is 4.79 Å². The number of carbonyl (C=O) groups is 1. The number of carbonyl (C=O) groups excluding carboxylic acids is 1. The molecule has 160 valence electrons. The highest BCUT2D eigenvalue weighted by atomic mass is 35.5.